The third-order valence-electron chi connectivity index (χ3n) is 2.73. The van der Waals surface area contributed by atoms with Crippen molar-refractivity contribution < 1.29 is 0 Å². The fraction of sp³-hybridized carbons (Fsp3) is 0.800. The van der Waals surface area contributed by atoms with Crippen LogP contribution in [0.2, 0.25) is 0 Å². The zero-order valence-corrected chi connectivity index (χ0v) is 21.2. The van der Waals surface area contributed by atoms with Gasteiger partial charge in [-0.05, 0) is 0 Å². The molecule has 0 nitrogen and oxygen atoms in total. The molecule has 0 aliphatic heterocycles. The van der Waals surface area contributed by atoms with Gasteiger partial charge in [-0.15, -0.1) is 0 Å². The first kappa shape index (κ1) is 24.1. The molecule has 128 valence electrons. The van der Waals surface area contributed by atoms with Crippen LogP contribution in [0.1, 0.15) is 78.6 Å². The van der Waals surface area contributed by atoms with Gasteiger partial charge in [-0.2, -0.15) is 0 Å². The van der Waals surface area contributed by atoms with E-state index in [1.54, 1.807) is 0 Å². The van der Waals surface area contributed by atoms with Gasteiger partial charge in [0, 0.05) is 0 Å². The Morgan fingerprint density at radius 1 is 0.636 bits per heavy atom. The number of hydrogen-bond donors (Lipinski definition) is 0. The van der Waals surface area contributed by atoms with Crippen molar-refractivity contribution in [3.05, 3.63) is 0 Å². The molecular formula is C15H27S6Sb. The SMILES string of the molecule is CCCCC(=S)[S][Sb]([S]C(=S)CCCC)[S]C(=S)CCCC. The quantitative estimate of drug-likeness (QED) is 0.189. The van der Waals surface area contributed by atoms with Crippen LogP contribution in [0.3, 0.4) is 0 Å². The van der Waals surface area contributed by atoms with Crippen molar-refractivity contribution in [1.29, 1.82) is 0 Å². The summed E-state index contributed by atoms with van der Waals surface area (Å²) in [6.45, 7) is 6.65. The predicted molar refractivity (Wildman–Crippen MR) is 125 cm³/mol. The molecule has 0 aliphatic carbocycles. The van der Waals surface area contributed by atoms with Crippen molar-refractivity contribution in [2.24, 2.45) is 0 Å². The molecule has 0 aromatic carbocycles. The molecular weight excluding hydrogens is 494 g/mol. The van der Waals surface area contributed by atoms with Gasteiger partial charge in [-0.25, -0.2) is 0 Å². The van der Waals surface area contributed by atoms with Crippen LogP contribution in [0.25, 0.3) is 0 Å². The van der Waals surface area contributed by atoms with E-state index in [0.717, 1.165) is 19.3 Å². The van der Waals surface area contributed by atoms with Crippen LogP contribution >= 0.6 is 63.2 Å². The topological polar surface area (TPSA) is 0 Å². The summed E-state index contributed by atoms with van der Waals surface area (Å²) in [6, 6.07) is 0. The van der Waals surface area contributed by atoms with Gasteiger partial charge < -0.3 is 0 Å². The Morgan fingerprint density at radius 2 is 0.909 bits per heavy atom. The molecule has 0 radical (unpaired) electrons. The van der Waals surface area contributed by atoms with Crippen LogP contribution in [-0.2, 0) is 0 Å². The Hall–Kier alpha value is 2.14. The van der Waals surface area contributed by atoms with E-state index in [-0.39, 0.29) is 0 Å². The van der Waals surface area contributed by atoms with E-state index in [0.29, 0.717) is 0 Å². The Bertz CT molecular complexity index is 293. The molecule has 0 unspecified atom stereocenters. The molecule has 0 saturated heterocycles. The second kappa shape index (κ2) is 16.6. The first-order valence-electron chi connectivity index (χ1n) is 7.95. The van der Waals surface area contributed by atoms with Gasteiger partial charge >= 0.3 is 170 Å². The van der Waals surface area contributed by atoms with Crippen molar-refractivity contribution in [2.75, 3.05) is 0 Å². The fourth-order valence-corrected chi connectivity index (χ4v) is 34.0. The van der Waals surface area contributed by atoms with Crippen LogP contribution in [0.5, 0.6) is 0 Å². The van der Waals surface area contributed by atoms with Crippen LogP contribution < -0.4 is 0 Å². The van der Waals surface area contributed by atoms with Crippen molar-refractivity contribution in [2.45, 2.75) is 78.6 Å². The summed E-state index contributed by atoms with van der Waals surface area (Å²) in [7, 11) is 5.92. The number of rotatable bonds is 12. The molecule has 22 heavy (non-hydrogen) atoms. The second-order valence-corrected chi connectivity index (χ2v) is 27.2. The molecule has 0 spiro atoms. The van der Waals surface area contributed by atoms with Gasteiger partial charge in [0.1, 0.15) is 0 Å². The summed E-state index contributed by atoms with van der Waals surface area (Å²) in [4.78, 5) is 0. The van der Waals surface area contributed by atoms with Gasteiger partial charge in [0.15, 0.2) is 0 Å². The molecule has 0 amide bonds. The molecule has 0 bridgehead atoms. The van der Waals surface area contributed by atoms with Crippen LogP contribution in [0, 0.1) is 0 Å². The van der Waals surface area contributed by atoms with Gasteiger partial charge in [0.05, 0.1) is 0 Å². The van der Waals surface area contributed by atoms with Crippen molar-refractivity contribution in [1.82, 2.24) is 0 Å². The summed E-state index contributed by atoms with van der Waals surface area (Å²) in [5.41, 5.74) is 0. The van der Waals surface area contributed by atoms with E-state index >= 15 is 0 Å². The van der Waals surface area contributed by atoms with Gasteiger partial charge in [0.2, 0.25) is 0 Å². The summed E-state index contributed by atoms with van der Waals surface area (Å²) < 4.78 is 3.55. The Balaban J connectivity index is 4.44. The van der Waals surface area contributed by atoms with Gasteiger partial charge in [-0.3, -0.25) is 0 Å². The zero-order valence-electron chi connectivity index (χ0n) is 13.8. The summed E-state index contributed by atoms with van der Waals surface area (Å²) in [5, 5.41) is 0. The third kappa shape index (κ3) is 14.5. The number of hydrogen-bond acceptors (Lipinski definition) is 6. The fourth-order valence-electron chi connectivity index (χ4n) is 1.41. The van der Waals surface area contributed by atoms with Gasteiger partial charge in [-0.1, -0.05) is 0 Å². The first-order chi connectivity index (χ1) is 10.5. The monoisotopic (exact) mass is 520 g/mol. The Labute approximate surface area is 168 Å². The Kier molecular flexibility index (Phi) is 18.2. The molecule has 0 aliphatic rings. The van der Waals surface area contributed by atoms with E-state index in [2.05, 4.69) is 20.8 Å². The van der Waals surface area contributed by atoms with Crippen molar-refractivity contribution in [3.8, 4) is 0 Å². The zero-order chi connectivity index (χ0) is 16.8. The summed E-state index contributed by atoms with van der Waals surface area (Å²) in [6.07, 6.45) is 10.5. The normalized spacial score (nSPS) is 10.9. The Morgan fingerprint density at radius 3 is 1.14 bits per heavy atom. The van der Waals surface area contributed by atoms with Crippen molar-refractivity contribution in [3.63, 3.8) is 0 Å². The molecule has 0 aromatic heterocycles. The molecule has 0 rings (SSSR count). The molecule has 0 fully saturated rings. The predicted octanol–water partition coefficient (Wildman–Crippen LogP) is 7.72. The van der Waals surface area contributed by atoms with E-state index in [1.807, 2.05) is 26.5 Å². The maximum absolute atomic E-state index is 5.57. The van der Waals surface area contributed by atoms with E-state index in [9.17, 15) is 0 Å². The average Bonchev–Trinajstić information content (AvgIpc) is 2.48. The molecule has 7 heteroatoms. The molecule has 0 heterocycles. The minimum atomic E-state index is -1.69. The molecule has 0 aromatic rings. The first-order valence-corrected chi connectivity index (χ1v) is 20.9. The molecule has 0 atom stereocenters. The number of thiocarbonyl (C=S) groups is 3. The summed E-state index contributed by atoms with van der Waals surface area (Å²) in [5.74, 6) is 0. The van der Waals surface area contributed by atoms with Crippen LogP contribution in [0.15, 0.2) is 0 Å². The standard InChI is InChI=1S/3C5H10S2.Sb/c3*1-2-3-4-5(6)7;/h3*2-4H2,1H3,(H,6,7);/q;;;+3/p-3. The second-order valence-electron chi connectivity index (χ2n) is 4.92. The third-order valence-corrected chi connectivity index (χ3v) is 27.6. The maximum atomic E-state index is 5.57. The van der Waals surface area contributed by atoms with Crippen molar-refractivity contribution >= 4 is 91.8 Å². The van der Waals surface area contributed by atoms with Gasteiger partial charge in [0.25, 0.3) is 0 Å². The minimum absolute atomic E-state index is 1.07. The molecule has 0 saturated carbocycles. The van der Waals surface area contributed by atoms with E-state index < -0.39 is 16.0 Å². The van der Waals surface area contributed by atoms with E-state index in [1.165, 1.54) is 51.1 Å². The number of unbranched alkanes of at least 4 members (excludes halogenated alkanes) is 3. The van der Waals surface area contributed by atoms with Crippen LogP contribution in [0.4, 0.5) is 0 Å². The molecule has 0 N–H and O–H groups in total. The van der Waals surface area contributed by atoms with E-state index in [4.69, 9.17) is 36.7 Å². The van der Waals surface area contributed by atoms with Crippen LogP contribution in [-0.4, -0.2) is 28.6 Å². The summed E-state index contributed by atoms with van der Waals surface area (Å²) >= 11 is 15.0. The average molecular weight is 522 g/mol.